The largest absolute Gasteiger partial charge is 0.459 e. The van der Waals surface area contributed by atoms with E-state index < -0.39 is 11.6 Å². The Bertz CT molecular complexity index is 753. The van der Waals surface area contributed by atoms with Gasteiger partial charge in [0.2, 0.25) is 0 Å². The zero-order valence-corrected chi connectivity index (χ0v) is 14.3. The molecule has 6 heteroatoms. The molecule has 0 saturated carbocycles. The van der Waals surface area contributed by atoms with Gasteiger partial charge in [-0.3, -0.25) is 9.59 Å². The van der Waals surface area contributed by atoms with E-state index in [2.05, 4.69) is 4.98 Å². The van der Waals surface area contributed by atoms with E-state index in [0.29, 0.717) is 10.5 Å². The summed E-state index contributed by atoms with van der Waals surface area (Å²) in [6.45, 7) is 5.20. The number of likely N-dealkylation sites (N-methyl/N-ethyl adjacent to an activating group) is 1. The number of halogens is 1. The van der Waals surface area contributed by atoms with Crippen molar-refractivity contribution >= 4 is 34.4 Å². The number of nitrogens with zero attached hydrogens (tertiary/aromatic N) is 2. The minimum Gasteiger partial charge on any atom is -0.459 e. The van der Waals surface area contributed by atoms with Crippen LogP contribution in [0.2, 0.25) is 5.02 Å². The molecule has 0 bridgehead atoms. The minimum atomic E-state index is -0.584. The molecular formula is C17H19ClN2O3. The molecule has 1 aromatic carbocycles. The van der Waals surface area contributed by atoms with Crippen LogP contribution in [0.4, 0.5) is 0 Å². The van der Waals surface area contributed by atoms with Crippen molar-refractivity contribution in [3.8, 4) is 0 Å². The Morgan fingerprint density at radius 2 is 1.87 bits per heavy atom. The van der Waals surface area contributed by atoms with Crippen LogP contribution in [0.1, 0.15) is 31.3 Å². The Morgan fingerprint density at radius 1 is 1.22 bits per heavy atom. The fourth-order valence-corrected chi connectivity index (χ4v) is 2.21. The third-order valence-electron chi connectivity index (χ3n) is 3.01. The molecule has 0 unspecified atom stereocenters. The predicted octanol–water partition coefficient (Wildman–Crippen LogP) is 3.30. The second-order valence-corrected chi connectivity index (χ2v) is 6.72. The van der Waals surface area contributed by atoms with Crippen molar-refractivity contribution in [2.45, 2.75) is 26.4 Å². The third kappa shape index (κ3) is 4.66. The van der Waals surface area contributed by atoms with Crippen molar-refractivity contribution in [3.05, 3.63) is 41.0 Å². The Morgan fingerprint density at radius 3 is 2.52 bits per heavy atom. The number of ether oxygens (including phenoxy) is 1. The Labute approximate surface area is 140 Å². The van der Waals surface area contributed by atoms with Crippen LogP contribution in [-0.2, 0) is 9.53 Å². The molecule has 122 valence electrons. The average Bonchev–Trinajstić information content (AvgIpc) is 2.43. The summed E-state index contributed by atoms with van der Waals surface area (Å²) in [5.74, 6) is -0.810. The van der Waals surface area contributed by atoms with Gasteiger partial charge in [-0.1, -0.05) is 23.7 Å². The summed E-state index contributed by atoms with van der Waals surface area (Å²) in [4.78, 5) is 29.8. The quantitative estimate of drug-likeness (QED) is 0.808. The van der Waals surface area contributed by atoms with E-state index in [1.54, 1.807) is 45.0 Å². The van der Waals surface area contributed by atoms with Gasteiger partial charge >= 0.3 is 5.97 Å². The maximum atomic E-state index is 12.4. The molecule has 1 amide bonds. The highest BCUT2D eigenvalue weighted by Crippen LogP contribution is 2.18. The first-order chi connectivity index (χ1) is 10.7. The van der Waals surface area contributed by atoms with Crippen LogP contribution in [0.5, 0.6) is 0 Å². The highest BCUT2D eigenvalue weighted by Gasteiger charge is 2.21. The van der Waals surface area contributed by atoms with Gasteiger partial charge in [0.25, 0.3) is 5.91 Å². The summed E-state index contributed by atoms with van der Waals surface area (Å²) in [6.07, 6.45) is 0. The molecule has 0 spiro atoms. The molecule has 0 aliphatic carbocycles. The maximum Gasteiger partial charge on any atom is 0.326 e. The Balaban J connectivity index is 2.14. The van der Waals surface area contributed by atoms with Crippen LogP contribution in [0, 0.1) is 0 Å². The standard InChI is InChI=1S/C17H19ClN2O3/c1-17(2,3)23-15(21)10-20(4)16(22)13-8-6-11-5-7-12(18)9-14(11)19-13/h5-9H,10H2,1-4H3. The monoisotopic (exact) mass is 334 g/mol. The number of carbonyl (C=O) groups excluding carboxylic acids is 2. The molecule has 0 radical (unpaired) electrons. The summed E-state index contributed by atoms with van der Waals surface area (Å²) in [6, 6.07) is 8.73. The van der Waals surface area contributed by atoms with Crippen molar-refractivity contribution in [1.29, 1.82) is 0 Å². The minimum absolute atomic E-state index is 0.134. The first-order valence-corrected chi connectivity index (χ1v) is 7.57. The van der Waals surface area contributed by atoms with E-state index in [1.165, 1.54) is 11.9 Å². The number of esters is 1. The molecule has 1 heterocycles. The van der Waals surface area contributed by atoms with Gasteiger partial charge < -0.3 is 9.64 Å². The van der Waals surface area contributed by atoms with Crippen molar-refractivity contribution in [3.63, 3.8) is 0 Å². The van der Waals surface area contributed by atoms with Crippen LogP contribution in [0.15, 0.2) is 30.3 Å². The molecule has 0 aliphatic heterocycles. The average molecular weight is 335 g/mol. The number of carbonyl (C=O) groups is 2. The van der Waals surface area contributed by atoms with E-state index in [9.17, 15) is 9.59 Å². The first kappa shape index (κ1) is 17.2. The molecule has 0 N–H and O–H groups in total. The summed E-state index contributed by atoms with van der Waals surface area (Å²) in [7, 11) is 1.54. The van der Waals surface area contributed by atoms with E-state index in [-0.39, 0.29) is 18.1 Å². The van der Waals surface area contributed by atoms with Gasteiger partial charge in [-0.25, -0.2) is 4.98 Å². The normalized spacial score (nSPS) is 11.3. The van der Waals surface area contributed by atoms with Gasteiger partial charge in [0.15, 0.2) is 0 Å². The van der Waals surface area contributed by atoms with E-state index in [0.717, 1.165) is 5.39 Å². The van der Waals surface area contributed by atoms with Crippen molar-refractivity contribution in [2.24, 2.45) is 0 Å². The lowest BCUT2D eigenvalue weighted by Crippen LogP contribution is -2.36. The van der Waals surface area contributed by atoms with Gasteiger partial charge in [0.05, 0.1) is 5.52 Å². The smallest absolute Gasteiger partial charge is 0.326 e. The second kappa shape index (κ2) is 6.54. The van der Waals surface area contributed by atoms with Gasteiger partial charge in [0.1, 0.15) is 17.8 Å². The zero-order chi connectivity index (χ0) is 17.2. The molecule has 0 fully saturated rings. The molecule has 2 aromatic rings. The van der Waals surface area contributed by atoms with Crippen molar-refractivity contribution in [2.75, 3.05) is 13.6 Å². The molecule has 5 nitrogen and oxygen atoms in total. The van der Waals surface area contributed by atoms with Gasteiger partial charge in [0, 0.05) is 17.5 Å². The van der Waals surface area contributed by atoms with Gasteiger partial charge in [-0.05, 0) is 39.0 Å². The summed E-state index contributed by atoms with van der Waals surface area (Å²) in [5, 5.41) is 1.44. The highest BCUT2D eigenvalue weighted by molar-refractivity contribution is 6.31. The molecule has 23 heavy (non-hydrogen) atoms. The summed E-state index contributed by atoms with van der Waals surface area (Å²) < 4.78 is 5.21. The fourth-order valence-electron chi connectivity index (χ4n) is 2.04. The van der Waals surface area contributed by atoms with Gasteiger partial charge in [-0.2, -0.15) is 0 Å². The number of amides is 1. The number of benzene rings is 1. The number of fused-ring (bicyclic) bond motifs is 1. The van der Waals surface area contributed by atoms with E-state index >= 15 is 0 Å². The number of hydrogen-bond acceptors (Lipinski definition) is 4. The van der Waals surface area contributed by atoms with E-state index in [4.69, 9.17) is 16.3 Å². The van der Waals surface area contributed by atoms with Crippen LogP contribution < -0.4 is 0 Å². The molecule has 0 atom stereocenters. The van der Waals surface area contributed by atoms with E-state index in [1.807, 2.05) is 6.07 Å². The zero-order valence-electron chi connectivity index (χ0n) is 13.6. The van der Waals surface area contributed by atoms with Crippen molar-refractivity contribution in [1.82, 2.24) is 9.88 Å². The molecule has 0 aliphatic rings. The Kier molecular flexibility index (Phi) is 4.90. The predicted molar refractivity (Wildman–Crippen MR) is 89.6 cm³/mol. The number of aromatic nitrogens is 1. The van der Waals surface area contributed by atoms with Crippen LogP contribution in [0.3, 0.4) is 0 Å². The maximum absolute atomic E-state index is 12.4. The second-order valence-electron chi connectivity index (χ2n) is 6.28. The third-order valence-corrected chi connectivity index (χ3v) is 3.24. The topological polar surface area (TPSA) is 59.5 Å². The molecule has 2 rings (SSSR count). The number of rotatable bonds is 3. The van der Waals surface area contributed by atoms with Crippen LogP contribution >= 0.6 is 11.6 Å². The summed E-state index contributed by atoms with van der Waals surface area (Å²) >= 11 is 5.95. The first-order valence-electron chi connectivity index (χ1n) is 7.19. The lowest BCUT2D eigenvalue weighted by atomic mass is 10.2. The van der Waals surface area contributed by atoms with Crippen LogP contribution in [0.25, 0.3) is 10.9 Å². The lowest BCUT2D eigenvalue weighted by molar-refractivity contribution is -0.155. The SMILES string of the molecule is CN(CC(=O)OC(C)(C)C)C(=O)c1ccc2ccc(Cl)cc2n1. The highest BCUT2D eigenvalue weighted by atomic mass is 35.5. The summed E-state index contributed by atoms with van der Waals surface area (Å²) in [5.41, 5.74) is 0.304. The molecule has 0 saturated heterocycles. The number of hydrogen-bond donors (Lipinski definition) is 0. The van der Waals surface area contributed by atoms with Crippen LogP contribution in [-0.4, -0.2) is 41.0 Å². The number of pyridine rings is 1. The lowest BCUT2D eigenvalue weighted by Gasteiger charge is -2.22. The molecule has 1 aromatic heterocycles. The molecular weight excluding hydrogens is 316 g/mol. The fraction of sp³-hybridized carbons (Fsp3) is 0.353. The van der Waals surface area contributed by atoms with Gasteiger partial charge in [-0.15, -0.1) is 0 Å². The Hall–Kier alpha value is -2.14. The van der Waals surface area contributed by atoms with Crippen molar-refractivity contribution < 1.29 is 14.3 Å².